The predicted molar refractivity (Wildman–Crippen MR) is 55.4 cm³/mol. The molecule has 6 nitrogen and oxygen atoms in total. The molecule has 0 saturated heterocycles. The second kappa shape index (κ2) is 3.86. The summed E-state index contributed by atoms with van der Waals surface area (Å²) in [5, 5.41) is 6.29. The summed E-state index contributed by atoms with van der Waals surface area (Å²) < 4.78 is 5.30. The summed E-state index contributed by atoms with van der Waals surface area (Å²) in [4.78, 5) is 11.2. The molecule has 0 atom stereocenters. The Morgan fingerprint density at radius 2 is 2.50 bits per heavy atom. The molecule has 2 aromatic heterocycles. The Kier molecular flexibility index (Phi) is 2.57. The summed E-state index contributed by atoms with van der Waals surface area (Å²) >= 11 is 2.32. The van der Waals surface area contributed by atoms with Gasteiger partial charge in [0.1, 0.15) is 10.7 Å². The van der Waals surface area contributed by atoms with Gasteiger partial charge < -0.3 is 5.43 Å². The maximum Gasteiger partial charge on any atom is 0.307 e. The zero-order valence-corrected chi connectivity index (χ0v) is 8.64. The van der Waals surface area contributed by atoms with E-state index in [1.165, 1.54) is 11.5 Å². The van der Waals surface area contributed by atoms with Gasteiger partial charge in [-0.3, -0.25) is 9.36 Å². The standard InChI is InChI=1S/C6H7N5OS2/c7-8-5-4(9-10-14-5)3-11-1-2-13-6(11)12/h1-2,8H,3,7H2. The lowest BCUT2D eigenvalue weighted by Crippen LogP contribution is -2.15. The van der Waals surface area contributed by atoms with E-state index in [0.29, 0.717) is 17.2 Å². The van der Waals surface area contributed by atoms with E-state index in [0.717, 1.165) is 11.3 Å². The smallest absolute Gasteiger partial charge is 0.307 e. The number of nitrogens with zero attached hydrogens (tertiary/aromatic N) is 3. The molecule has 0 aliphatic heterocycles. The van der Waals surface area contributed by atoms with Crippen LogP contribution in [-0.2, 0) is 6.54 Å². The Labute approximate surface area is 87.1 Å². The molecular weight excluding hydrogens is 222 g/mol. The highest BCUT2D eigenvalue weighted by Crippen LogP contribution is 2.16. The number of nitrogen functional groups attached to an aromatic ring is 1. The van der Waals surface area contributed by atoms with Crippen molar-refractivity contribution >= 4 is 27.9 Å². The van der Waals surface area contributed by atoms with Gasteiger partial charge in [0.05, 0.1) is 6.54 Å². The van der Waals surface area contributed by atoms with Crippen molar-refractivity contribution in [2.75, 3.05) is 5.43 Å². The number of hydrogen-bond donors (Lipinski definition) is 2. The summed E-state index contributed by atoms with van der Waals surface area (Å²) in [6, 6.07) is 0. The van der Waals surface area contributed by atoms with Crippen LogP contribution in [0, 0.1) is 0 Å². The monoisotopic (exact) mass is 229 g/mol. The molecule has 0 fully saturated rings. The molecule has 3 N–H and O–H groups in total. The Morgan fingerprint density at radius 3 is 3.14 bits per heavy atom. The van der Waals surface area contributed by atoms with Gasteiger partial charge in [-0.05, 0) is 0 Å². The van der Waals surface area contributed by atoms with E-state index in [1.54, 1.807) is 16.1 Å². The average molecular weight is 229 g/mol. The molecular formula is C6H7N5OS2. The molecule has 0 saturated carbocycles. The van der Waals surface area contributed by atoms with Crippen molar-refractivity contribution in [1.82, 2.24) is 14.2 Å². The summed E-state index contributed by atoms with van der Waals surface area (Å²) in [6.45, 7) is 0.401. The Hall–Kier alpha value is -1.25. The molecule has 2 heterocycles. The fourth-order valence-electron chi connectivity index (χ4n) is 0.991. The quantitative estimate of drug-likeness (QED) is 0.575. The maximum atomic E-state index is 11.2. The van der Waals surface area contributed by atoms with Crippen LogP contribution in [0.4, 0.5) is 5.00 Å². The van der Waals surface area contributed by atoms with E-state index in [2.05, 4.69) is 15.0 Å². The molecule has 0 radical (unpaired) electrons. The lowest BCUT2D eigenvalue weighted by molar-refractivity contribution is 0.757. The molecule has 0 aliphatic carbocycles. The fraction of sp³-hybridized carbons (Fsp3) is 0.167. The van der Waals surface area contributed by atoms with Crippen LogP contribution in [0.1, 0.15) is 5.69 Å². The summed E-state index contributed by atoms with van der Waals surface area (Å²) in [5.74, 6) is 5.26. The van der Waals surface area contributed by atoms with Gasteiger partial charge in [0, 0.05) is 23.1 Å². The number of hydrogen-bond acceptors (Lipinski definition) is 7. The molecule has 2 aromatic rings. The fourth-order valence-corrected chi connectivity index (χ4v) is 2.06. The van der Waals surface area contributed by atoms with E-state index in [-0.39, 0.29) is 4.87 Å². The van der Waals surface area contributed by atoms with Crippen LogP contribution < -0.4 is 16.1 Å². The molecule has 8 heteroatoms. The van der Waals surface area contributed by atoms with Crippen molar-refractivity contribution < 1.29 is 0 Å². The number of thiazole rings is 1. The number of nitrogens with one attached hydrogen (secondary N) is 1. The highest BCUT2D eigenvalue weighted by molar-refractivity contribution is 7.10. The van der Waals surface area contributed by atoms with Gasteiger partial charge in [0.25, 0.3) is 0 Å². The number of aromatic nitrogens is 3. The number of hydrazine groups is 1. The first kappa shape index (κ1) is 9.31. The Morgan fingerprint density at radius 1 is 1.64 bits per heavy atom. The normalized spacial score (nSPS) is 10.4. The summed E-state index contributed by atoms with van der Waals surface area (Å²) in [6.07, 6.45) is 1.71. The lowest BCUT2D eigenvalue weighted by Gasteiger charge is -1.99. The molecule has 2 rings (SSSR count). The average Bonchev–Trinajstić information content (AvgIpc) is 2.77. The minimum atomic E-state index is -0.0130. The molecule has 0 aromatic carbocycles. The highest BCUT2D eigenvalue weighted by Gasteiger charge is 2.08. The van der Waals surface area contributed by atoms with Crippen LogP contribution in [0.15, 0.2) is 16.4 Å². The molecule has 0 bridgehead atoms. The molecule has 0 unspecified atom stereocenters. The minimum absolute atomic E-state index is 0.0130. The van der Waals surface area contributed by atoms with Crippen molar-refractivity contribution in [3.05, 3.63) is 26.9 Å². The summed E-state index contributed by atoms with van der Waals surface area (Å²) in [5.41, 5.74) is 3.17. The maximum absolute atomic E-state index is 11.2. The van der Waals surface area contributed by atoms with E-state index in [4.69, 9.17) is 5.84 Å². The first-order valence-electron chi connectivity index (χ1n) is 3.73. The van der Waals surface area contributed by atoms with E-state index >= 15 is 0 Å². The Bertz CT molecular complexity index is 472. The topological polar surface area (TPSA) is 85.8 Å². The minimum Gasteiger partial charge on any atom is -0.313 e. The van der Waals surface area contributed by atoms with Crippen LogP contribution in [-0.4, -0.2) is 14.2 Å². The zero-order valence-electron chi connectivity index (χ0n) is 7.01. The number of nitrogens with two attached hydrogens (primary N) is 1. The van der Waals surface area contributed by atoms with E-state index in [9.17, 15) is 4.79 Å². The highest BCUT2D eigenvalue weighted by atomic mass is 32.1. The van der Waals surface area contributed by atoms with Gasteiger partial charge in [-0.15, -0.1) is 5.10 Å². The van der Waals surface area contributed by atoms with Crippen LogP contribution in [0.5, 0.6) is 0 Å². The molecule has 0 spiro atoms. The first-order chi connectivity index (χ1) is 6.81. The van der Waals surface area contributed by atoms with E-state index in [1.807, 2.05) is 0 Å². The van der Waals surface area contributed by atoms with Crippen molar-refractivity contribution in [3.63, 3.8) is 0 Å². The molecule has 14 heavy (non-hydrogen) atoms. The molecule has 74 valence electrons. The van der Waals surface area contributed by atoms with Crippen molar-refractivity contribution in [2.24, 2.45) is 5.84 Å². The van der Waals surface area contributed by atoms with Gasteiger partial charge in [-0.25, -0.2) is 5.84 Å². The van der Waals surface area contributed by atoms with Crippen molar-refractivity contribution in [1.29, 1.82) is 0 Å². The third kappa shape index (κ3) is 1.67. The van der Waals surface area contributed by atoms with Crippen molar-refractivity contribution in [2.45, 2.75) is 6.54 Å². The van der Waals surface area contributed by atoms with Gasteiger partial charge in [0.15, 0.2) is 0 Å². The first-order valence-corrected chi connectivity index (χ1v) is 5.38. The van der Waals surface area contributed by atoms with Gasteiger partial charge >= 0.3 is 4.87 Å². The van der Waals surface area contributed by atoms with E-state index < -0.39 is 0 Å². The molecule has 0 amide bonds. The van der Waals surface area contributed by atoms with Crippen molar-refractivity contribution in [3.8, 4) is 0 Å². The third-order valence-electron chi connectivity index (χ3n) is 1.65. The predicted octanol–water partition coefficient (Wildman–Crippen LogP) is 0.0952. The van der Waals surface area contributed by atoms with Gasteiger partial charge in [-0.2, -0.15) is 0 Å². The second-order valence-electron chi connectivity index (χ2n) is 2.49. The largest absolute Gasteiger partial charge is 0.313 e. The van der Waals surface area contributed by atoms with Gasteiger partial charge in [0.2, 0.25) is 0 Å². The number of anilines is 1. The Balaban J connectivity index is 2.27. The van der Waals surface area contributed by atoms with Crippen LogP contribution in [0.2, 0.25) is 0 Å². The van der Waals surface area contributed by atoms with Crippen LogP contribution >= 0.6 is 22.9 Å². The van der Waals surface area contributed by atoms with Gasteiger partial charge in [-0.1, -0.05) is 15.8 Å². The molecule has 0 aliphatic rings. The number of rotatable bonds is 3. The third-order valence-corrected chi connectivity index (χ3v) is 3.04. The zero-order chi connectivity index (χ0) is 9.97. The summed E-state index contributed by atoms with van der Waals surface area (Å²) in [7, 11) is 0. The van der Waals surface area contributed by atoms with Crippen LogP contribution in [0.25, 0.3) is 0 Å². The second-order valence-corrected chi connectivity index (χ2v) is 4.10. The SMILES string of the molecule is NNc1snnc1Cn1ccsc1=O. The van der Waals surface area contributed by atoms with Crippen LogP contribution in [0.3, 0.4) is 0 Å². The lowest BCUT2D eigenvalue weighted by atomic mass is 10.4.